The molecule has 2 aliphatic rings. The molecule has 2 fully saturated rings. The molecule has 6 heteroatoms. The van der Waals surface area contributed by atoms with Gasteiger partial charge in [0.2, 0.25) is 5.91 Å². The van der Waals surface area contributed by atoms with E-state index in [4.69, 9.17) is 5.11 Å². The van der Waals surface area contributed by atoms with Crippen molar-refractivity contribution in [2.45, 2.75) is 38.1 Å². The Morgan fingerprint density at radius 2 is 2.04 bits per heavy atom. The molecule has 3 rings (SSSR count). The Morgan fingerprint density at radius 1 is 1.35 bits per heavy atom. The van der Waals surface area contributed by atoms with E-state index in [1.807, 2.05) is 0 Å². The molecule has 0 saturated heterocycles. The van der Waals surface area contributed by atoms with Crippen molar-refractivity contribution < 1.29 is 23.5 Å². The lowest BCUT2D eigenvalue weighted by molar-refractivity contribution is -0.143. The van der Waals surface area contributed by atoms with Crippen LogP contribution in [0.5, 0.6) is 0 Å². The molecule has 124 valence electrons. The van der Waals surface area contributed by atoms with Crippen molar-refractivity contribution in [3.8, 4) is 0 Å². The van der Waals surface area contributed by atoms with Gasteiger partial charge in [-0.25, -0.2) is 8.78 Å². The number of carbonyl (C=O) groups is 2. The maximum absolute atomic E-state index is 13.8. The maximum Gasteiger partial charge on any atom is 0.308 e. The highest BCUT2D eigenvalue weighted by atomic mass is 19.1. The zero-order valence-corrected chi connectivity index (χ0v) is 12.8. The minimum atomic E-state index is -0.938. The number of carboxylic acid groups (broad SMARTS) is 1. The predicted octanol–water partition coefficient (Wildman–Crippen LogP) is 2.78. The van der Waals surface area contributed by atoms with Crippen LogP contribution < -0.4 is 0 Å². The summed E-state index contributed by atoms with van der Waals surface area (Å²) in [7, 11) is 0. The topological polar surface area (TPSA) is 57.6 Å². The molecule has 0 heterocycles. The zero-order valence-electron chi connectivity index (χ0n) is 12.8. The molecule has 0 unspecified atom stereocenters. The maximum atomic E-state index is 13.8. The molecule has 0 aromatic heterocycles. The average molecular weight is 323 g/mol. The fourth-order valence-electron chi connectivity index (χ4n) is 3.00. The smallest absolute Gasteiger partial charge is 0.308 e. The van der Waals surface area contributed by atoms with Crippen LogP contribution in [0.1, 0.15) is 37.7 Å². The van der Waals surface area contributed by atoms with Crippen LogP contribution in [0.25, 0.3) is 0 Å². The Balaban J connectivity index is 1.70. The van der Waals surface area contributed by atoms with Crippen LogP contribution in [-0.4, -0.2) is 34.5 Å². The van der Waals surface area contributed by atoms with E-state index in [2.05, 4.69) is 0 Å². The first kappa shape index (κ1) is 15.9. The van der Waals surface area contributed by atoms with Crippen LogP contribution in [0, 0.1) is 23.5 Å². The minimum absolute atomic E-state index is 0.0999. The van der Waals surface area contributed by atoms with Gasteiger partial charge in [-0.3, -0.25) is 9.59 Å². The second-order valence-electron chi connectivity index (χ2n) is 6.58. The highest BCUT2D eigenvalue weighted by molar-refractivity contribution is 5.84. The van der Waals surface area contributed by atoms with Crippen LogP contribution in [0.2, 0.25) is 0 Å². The number of hydrogen-bond donors (Lipinski definition) is 1. The van der Waals surface area contributed by atoms with E-state index in [1.54, 1.807) is 11.8 Å². The second kappa shape index (κ2) is 5.91. The SMILES string of the molecule is C[C@H](CN(C(=O)[C@@H]1C[C@H]1c1cc(F)ccc1F)C1CC1)C(=O)O. The number of aliphatic carboxylic acids is 1. The van der Waals surface area contributed by atoms with Gasteiger partial charge in [0.05, 0.1) is 5.92 Å². The number of nitrogens with zero attached hydrogens (tertiary/aromatic N) is 1. The van der Waals surface area contributed by atoms with Gasteiger partial charge in [-0.2, -0.15) is 0 Å². The molecule has 3 atom stereocenters. The average Bonchev–Trinajstić information content (AvgIpc) is 3.38. The molecule has 0 bridgehead atoms. The molecule has 2 saturated carbocycles. The van der Waals surface area contributed by atoms with Gasteiger partial charge in [-0.1, -0.05) is 6.92 Å². The molecule has 1 aromatic carbocycles. The Hall–Kier alpha value is -1.98. The van der Waals surface area contributed by atoms with Crippen LogP contribution in [-0.2, 0) is 9.59 Å². The summed E-state index contributed by atoms with van der Waals surface area (Å²) < 4.78 is 27.1. The quantitative estimate of drug-likeness (QED) is 0.876. The monoisotopic (exact) mass is 323 g/mol. The Kier molecular flexibility index (Phi) is 4.08. The molecule has 1 aromatic rings. The van der Waals surface area contributed by atoms with Gasteiger partial charge >= 0.3 is 5.97 Å². The normalized spacial score (nSPS) is 24.1. The second-order valence-corrected chi connectivity index (χ2v) is 6.58. The number of carboxylic acids is 1. The summed E-state index contributed by atoms with van der Waals surface area (Å²) in [4.78, 5) is 25.3. The fraction of sp³-hybridized carbons (Fsp3) is 0.529. The summed E-state index contributed by atoms with van der Waals surface area (Å²) in [5.74, 6) is -3.39. The van der Waals surface area contributed by atoms with Gasteiger partial charge in [-0.15, -0.1) is 0 Å². The zero-order chi connectivity index (χ0) is 16.7. The third-order valence-electron chi connectivity index (χ3n) is 4.63. The summed E-state index contributed by atoms with van der Waals surface area (Å²) in [6.45, 7) is 1.75. The molecule has 1 amide bonds. The van der Waals surface area contributed by atoms with Gasteiger partial charge in [-0.05, 0) is 48.9 Å². The van der Waals surface area contributed by atoms with Crippen LogP contribution in [0.3, 0.4) is 0 Å². The number of halogens is 2. The lowest BCUT2D eigenvalue weighted by Crippen LogP contribution is -2.39. The minimum Gasteiger partial charge on any atom is -0.481 e. The molecule has 1 N–H and O–H groups in total. The van der Waals surface area contributed by atoms with E-state index in [9.17, 15) is 18.4 Å². The fourth-order valence-corrected chi connectivity index (χ4v) is 3.00. The molecule has 0 radical (unpaired) electrons. The Morgan fingerprint density at radius 3 is 2.65 bits per heavy atom. The molecule has 0 aliphatic heterocycles. The lowest BCUT2D eigenvalue weighted by Gasteiger charge is -2.24. The largest absolute Gasteiger partial charge is 0.481 e. The highest BCUT2D eigenvalue weighted by Crippen LogP contribution is 2.50. The van der Waals surface area contributed by atoms with Gasteiger partial charge in [0, 0.05) is 18.5 Å². The van der Waals surface area contributed by atoms with Crippen molar-refractivity contribution in [3.05, 3.63) is 35.4 Å². The van der Waals surface area contributed by atoms with Crippen molar-refractivity contribution in [3.63, 3.8) is 0 Å². The lowest BCUT2D eigenvalue weighted by atomic mass is 10.1. The predicted molar refractivity (Wildman–Crippen MR) is 78.7 cm³/mol. The van der Waals surface area contributed by atoms with Gasteiger partial charge in [0.1, 0.15) is 11.6 Å². The number of hydrogen-bond acceptors (Lipinski definition) is 2. The summed E-state index contributed by atoms with van der Waals surface area (Å²) >= 11 is 0. The van der Waals surface area contributed by atoms with Crippen molar-refractivity contribution in [2.24, 2.45) is 11.8 Å². The van der Waals surface area contributed by atoms with Crippen LogP contribution in [0.4, 0.5) is 8.78 Å². The van der Waals surface area contributed by atoms with E-state index in [0.29, 0.717) is 6.42 Å². The first-order valence-corrected chi connectivity index (χ1v) is 7.86. The van der Waals surface area contributed by atoms with Gasteiger partial charge in [0.25, 0.3) is 0 Å². The molecule has 0 spiro atoms. The van der Waals surface area contributed by atoms with E-state index in [-0.39, 0.29) is 35.9 Å². The third kappa shape index (κ3) is 3.35. The molecular formula is C17H19F2NO3. The van der Waals surface area contributed by atoms with Crippen molar-refractivity contribution >= 4 is 11.9 Å². The summed E-state index contributed by atoms with van der Waals surface area (Å²) in [5, 5.41) is 9.04. The molecule has 4 nitrogen and oxygen atoms in total. The van der Waals surface area contributed by atoms with Crippen molar-refractivity contribution in [1.29, 1.82) is 0 Å². The van der Waals surface area contributed by atoms with Crippen LogP contribution >= 0.6 is 0 Å². The van der Waals surface area contributed by atoms with Crippen molar-refractivity contribution in [2.75, 3.05) is 6.54 Å². The number of amides is 1. The number of rotatable bonds is 6. The van der Waals surface area contributed by atoms with E-state index >= 15 is 0 Å². The van der Waals surface area contributed by atoms with E-state index in [0.717, 1.165) is 31.0 Å². The van der Waals surface area contributed by atoms with Crippen LogP contribution in [0.15, 0.2) is 18.2 Å². The summed E-state index contributed by atoms with van der Waals surface area (Å²) in [6, 6.07) is 3.39. The van der Waals surface area contributed by atoms with Crippen molar-refractivity contribution in [1.82, 2.24) is 4.90 Å². The Bertz CT molecular complexity index is 645. The molecular weight excluding hydrogens is 304 g/mol. The van der Waals surface area contributed by atoms with E-state index < -0.39 is 23.5 Å². The Labute approximate surface area is 133 Å². The van der Waals surface area contributed by atoms with Gasteiger partial charge < -0.3 is 10.0 Å². The molecule has 2 aliphatic carbocycles. The van der Waals surface area contributed by atoms with E-state index in [1.165, 1.54) is 0 Å². The summed E-state index contributed by atoms with van der Waals surface area (Å²) in [6.07, 6.45) is 2.25. The molecule has 23 heavy (non-hydrogen) atoms. The van der Waals surface area contributed by atoms with Gasteiger partial charge in [0.15, 0.2) is 0 Å². The number of benzene rings is 1. The first-order chi connectivity index (χ1) is 10.9. The highest BCUT2D eigenvalue weighted by Gasteiger charge is 2.49. The standard InChI is InChI=1S/C17H19F2NO3/c1-9(17(22)23)8-20(11-3-4-11)16(21)14-7-12(14)13-6-10(18)2-5-15(13)19/h2,5-6,9,11-12,14H,3-4,7-8H2,1H3,(H,22,23)/t9-,12+,14-/m1/s1. The number of carbonyl (C=O) groups excluding carboxylic acids is 1. The summed E-state index contributed by atoms with van der Waals surface area (Å²) in [5.41, 5.74) is 0.241. The third-order valence-corrected chi connectivity index (χ3v) is 4.63. The first-order valence-electron chi connectivity index (χ1n) is 7.86.